The Bertz CT molecular complexity index is 706. The third kappa shape index (κ3) is 3.09. The van der Waals surface area contributed by atoms with Crippen molar-refractivity contribution in [1.82, 2.24) is 10.2 Å². The molecule has 6 nitrogen and oxygen atoms in total. The van der Waals surface area contributed by atoms with Crippen LogP contribution in [0.2, 0.25) is 5.15 Å². The first-order valence-electron chi connectivity index (χ1n) is 4.95. The second-order valence-corrected chi connectivity index (χ2v) is 5.57. The molecule has 9 heteroatoms. The summed E-state index contributed by atoms with van der Waals surface area (Å²) in [5.74, 6) is -0.643. The third-order valence-corrected chi connectivity index (χ3v) is 3.76. The minimum absolute atomic E-state index is 0.0203. The van der Waals surface area contributed by atoms with Crippen LogP contribution in [0, 0.1) is 5.82 Å². The zero-order chi connectivity index (χ0) is 14.0. The summed E-state index contributed by atoms with van der Waals surface area (Å²) in [6.07, 6.45) is 0. The van der Waals surface area contributed by atoms with E-state index in [1.54, 1.807) is 0 Å². The van der Waals surface area contributed by atoms with Gasteiger partial charge in [0.25, 0.3) is 10.0 Å². The van der Waals surface area contributed by atoms with Crippen molar-refractivity contribution in [3.8, 4) is 0 Å². The monoisotopic (exact) mass is 302 g/mol. The first-order chi connectivity index (χ1) is 8.88. The van der Waals surface area contributed by atoms with Gasteiger partial charge in [-0.3, -0.25) is 4.72 Å². The maximum Gasteiger partial charge on any atom is 0.265 e. The number of nitrogens with zero attached hydrogens (tertiary/aromatic N) is 2. The van der Waals surface area contributed by atoms with Gasteiger partial charge < -0.3 is 5.73 Å². The van der Waals surface area contributed by atoms with Crippen molar-refractivity contribution in [2.45, 2.75) is 4.90 Å². The summed E-state index contributed by atoms with van der Waals surface area (Å²) in [5, 5.41) is 7.17. The lowest BCUT2D eigenvalue weighted by Crippen LogP contribution is -2.16. The number of hydrogen-bond acceptors (Lipinski definition) is 5. The van der Waals surface area contributed by atoms with Gasteiger partial charge in [0.05, 0.1) is 5.69 Å². The molecule has 0 fully saturated rings. The average Bonchev–Trinajstić information content (AvgIpc) is 2.31. The van der Waals surface area contributed by atoms with Crippen molar-refractivity contribution in [3.05, 3.63) is 41.3 Å². The molecule has 19 heavy (non-hydrogen) atoms. The lowest BCUT2D eigenvalue weighted by molar-refractivity contribution is 0.600. The molecule has 1 aromatic heterocycles. The Labute approximate surface area is 113 Å². The molecule has 0 spiro atoms. The van der Waals surface area contributed by atoms with Gasteiger partial charge >= 0.3 is 0 Å². The van der Waals surface area contributed by atoms with Gasteiger partial charge in [-0.15, -0.1) is 10.2 Å². The van der Waals surface area contributed by atoms with E-state index in [4.69, 9.17) is 17.3 Å². The number of anilines is 2. The highest BCUT2D eigenvalue weighted by molar-refractivity contribution is 7.92. The molecule has 2 aromatic rings. The fourth-order valence-electron chi connectivity index (χ4n) is 1.33. The minimum atomic E-state index is -3.96. The fourth-order valence-corrected chi connectivity index (χ4v) is 2.54. The number of hydrogen-bond donors (Lipinski definition) is 2. The Morgan fingerprint density at radius 1 is 1.21 bits per heavy atom. The summed E-state index contributed by atoms with van der Waals surface area (Å²) in [6.45, 7) is 0. The summed E-state index contributed by atoms with van der Waals surface area (Å²) in [4.78, 5) is -0.245. The molecule has 0 unspecified atom stereocenters. The Kier molecular flexibility index (Phi) is 3.54. The number of sulfonamides is 1. The first-order valence-corrected chi connectivity index (χ1v) is 6.82. The van der Waals surface area contributed by atoms with E-state index in [1.165, 1.54) is 12.1 Å². The van der Waals surface area contributed by atoms with Crippen molar-refractivity contribution in [3.63, 3.8) is 0 Å². The molecule has 0 aliphatic rings. The van der Waals surface area contributed by atoms with Crippen LogP contribution in [0.4, 0.5) is 15.9 Å². The van der Waals surface area contributed by atoms with E-state index in [0.29, 0.717) is 0 Å². The lowest BCUT2D eigenvalue weighted by Gasteiger charge is -2.08. The Hall–Kier alpha value is -1.93. The molecule has 0 atom stereocenters. The molecule has 100 valence electrons. The van der Waals surface area contributed by atoms with Crippen LogP contribution >= 0.6 is 11.6 Å². The smallest absolute Gasteiger partial charge is 0.265 e. The maximum atomic E-state index is 12.9. The lowest BCUT2D eigenvalue weighted by atomic mass is 10.3. The van der Waals surface area contributed by atoms with Crippen molar-refractivity contribution in [2.75, 3.05) is 10.5 Å². The fraction of sp³-hybridized carbons (Fsp3) is 0. The molecule has 0 amide bonds. The quantitative estimate of drug-likeness (QED) is 0.840. The van der Waals surface area contributed by atoms with Crippen molar-refractivity contribution < 1.29 is 12.8 Å². The molecule has 0 aliphatic carbocycles. The van der Waals surface area contributed by atoms with E-state index in [2.05, 4.69) is 14.9 Å². The molecule has 3 N–H and O–H groups in total. The number of rotatable bonds is 3. The van der Waals surface area contributed by atoms with Crippen LogP contribution in [0.5, 0.6) is 0 Å². The summed E-state index contributed by atoms with van der Waals surface area (Å²) in [5.41, 5.74) is 5.27. The molecule has 0 saturated carbocycles. The largest absolute Gasteiger partial charge is 0.398 e. The summed E-state index contributed by atoms with van der Waals surface area (Å²) in [6, 6.07) is 5.70. The molecule has 0 bridgehead atoms. The van der Waals surface area contributed by atoms with E-state index in [9.17, 15) is 12.8 Å². The summed E-state index contributed by atoms with van der Waals surface area (Å²) < 4.78 is 39.0. The van der Waals surface area contributed by atoms with Crippen molar-refractivity contribution >= 4 is 33.1 Å². The van der Waals surface area contributed by atoms with Gasteiger partial charge in [0.2, 0.25) is 0 Å². The number of benzene rings is 1. The van der Waals surface area contributed by atoms with E-state index >= 15 is 0 Å². The highest BCUT2D eigenvalue weighted by Crippen LogP contribution is 2.21. The molecule has 0 radical (unpaired) electrons. The molecule has 0 saturated heterocycles. The van der Waals surface area contributed by atoms with Crippen LogP contribution in [0.25, 0.3) is 0 Å². The normalized spacial score (nSPS) is 11.3. The topological polar surface area (TPSA) is 98.0 Å². The van der Waals surface area contributed by atoms with Gasteiger partial charge in [0, 0.05) is 0 Å². The van der Waals surface area contributed by atoms with Crippen LogP contribution in [0.3, 0.4) is 0 Å². The van der Waals surface area contributed by atoms with Gasteiger partial charge in [0.15, 0.2) is 11.0 Å². The highest BCUT2D eigenvalue weighted by atomic mass is 35.5. The maximum absolute atomic E-state index is 12.9. The van der Waals surface area contributed by atoms with Gasteiger partial charge in [-0.1, -0.05) is 11.6 Å². The molecular formula is C10H8ClFN4O2S. The van der Waals surface area contributed by atoms with Gasteiger partial charge in [-0.05, 0) is 30.3 Å². The zero-order valence-corrected chi connectivity index (χ0v) is 10.9. The second-order valence-electron chi connectivity index (χ2n) is 3.53. The molecular weight excluding hydrogens is 295 g/mol. The van der Waals surface area contributed by atoms with Crippen molar-refractivity contribution in [2.24, 2.45) is 0 Å². The molecule has 2 rings (SSSR count). The highest BCUT2D eigenvalue weighted by Gasteiger charge is 2.18. The molecule has 0 aliphatic heterocycles. The number of halogens is 2. The predicted molar refractivity (Wildman–Crippen MR) is 68.7 cm³/mol. The number of nitrogens with two attached hydrogens (primary N) is 1. The van der Waals surface area contributed by atoms with Crippen LogP contribution in [0.15, 0.2) is 35.2 Å². The van der Waals surface area contributed by atoms with E-state index < -0.39 is 15.8 Å². The predicted octanol–water partition coefficient (Wildman–Crippen LogP) is 1.65. The average molecular weight is 303 g/mol. The SMILES string of the molecule is Nc1cc(F)ccc1S(=O)(=O)Nc1ccc(Cl)nn1. The Morgan fingerprint density at radius 2 is 1.95 bits per heavy atom. The Morgan fingerprint density at radius 3 is 2.53 bits per heavy atom. The van der Waals surface area contributed by atoms with Gasteiger partial charge in [-0.25, -0.2) is 12.8 Å². The van der Waals surface area contributed by atoms with E-state index in [1.807, 2.05) is 0 Å². The molecule has 1 heterocycles. The number of aromatic nitrogens is 2. The van der Waals surface area contributed by atoms with E-state index in [-0.39, 0.29) is 21.6 Å². The summed E-state index contributed by atoms with van der Waals surface area (Å²) >= 11 is 5.53. The Balaban J connectivity index is 2.35. The van der Waals surface area contributed by atoms with Gasteiger partial charge in [-0.2, -0.15) is 0 Å². The summed E-state index contributed by atoms with van der Waals surface area (Å²) in [7, 11) is -3.96. The number of nitrogens with one attached hydrogen (secondary N) is 1. The van der Waals surface area contributed by atoms with Crippen LogP contribution in [-0.2, 0) is 10.0 Å². The minimum Gasteiger partial charge on any atom is -0.398 e. The van der Waals surface area contributed by atoms with Crippen LogP contribution in [-0.4, -0.2) is 18.6 Å². The van der Waals surface area contributed by atoms with Crippen LogP contribution < -0.4 is 10.5 Å². The number of nitrogen functional groups attached to an aromatic ring is 1. The standard InChI is InChI=1S/C10H8ClFN4O2S/c11-9-3-4-10(15-14-9)16-19(17,18)8-2-1-6(12)5-7(8)13/h1-5H,13H2,(H,15,16). The van der Waals surface area contributed by atoms with Gasteiger partial charge in [0.1, 0.15) is 10.7 Å². The van der Waals surface area contributed by atoms with Crippen molar-refractivity contribution in [1.29, 1.82) is 0 Å². The third-order valence-electron chi connectivity index (χ3n) is 2.13. The first kappa shape index (κ1) is 13.5. The molecule has 1 aromatic carbocycles. The second kappa shape index (κ2) is 4.98. The zero-order valence-electron chi connectivity index (χ0n) is 9.34. The van der Waals surface area contributed by atoms with E-state index in [0.717, 1.165) is 18.2 Å². The van der Waals surface area contributed by atoms with Crippen LogP contribution in [0.1, 0.15) is 0 Å².